The molecule has 0 fully saturated rings. The van der Waals surface area contributed by atoms with Gasteiger partial charge in [-0.25, -0.2) is 13.1 Å². The zero-order valence-electron chi connectivity index (χ0n) is 12.3. The number of benzene rings is 1. The molecule has 2 rings (SSSR count). The zero-order valence-corrected chi connectivity index (χ0v) is 13.1. The Morgan fingerprint density at radius 1 is 1.38 bits per heavy atom. The van der Waals surface area contributed by atoms with Crippen LogP contribution >= 0.6 is 0 Å². The monoisotopic (exact) mass is 309 g/mol. The van der Waals surface area contributed by atoms with Gasteiger partial charge in [-0.1, -0.05) is 25.1 Å². The van der Waals surface area contributed by atoms with Crippen molar-refractivity contribution in [2.24, 2.45) is 7.05 Å². The van der Waals surface area contributed by atoms with Crippen molar-refractivity contribution in [3.05, 3.63) is 42.2 Å². The number of aromatic nitrogens is 2. The Labute approximate surface area is 124 Å². The van der Waals surface area contributed by atoms with Crippen molar-refractivity contribution in [1.29, 1.82) is 0 Å². The maximum Gasteiger partial charge on any atom is 0.244 e. The highest BCUT2D eigenvalue weighted by atomic mass is 32.2. The number of rotatable bonds is 6. The number of hydrogen-bond acceptors (Lipinski definition) is 4. The first-order valence-corrected chi connectivity index (χ1v) is 8.10. The summed E-state index contributed by atoms with van der Waals surface area (Å²) in [6, 6.07) is 7.03. The summed E-state index contributed by atoms with van der Waals surface area (Å²) in [6.45, 7) is 1.92. The highest BCUT2D eigenvalue weighted by Gasteiger charge is 2.23. The second-order valence-electron chi connectivity index (χ2n) is 4.67. The average Bonchev–Trinajstić information content (AvgIpc) is 2.92. The lowest BCUT2D eigenvalue weighted by Crippen LogP contribution is -2.28. The maximum absolute atomic E-state index is 12.4. The van der Waals surface area contributed by atoms with Crippen molar-refractivity contribution in [2.75, 3.05) is 7.11 Å². The van der Waals surface area contributed by atoms with Crippen molar-refractivity contribution < 1.29 is 13.2 Å². The fourth-order valence-electron chi connectivity index (χ4n) is 2.11. The van der Waals surface area contributed by atoms with Crippen molar-refractivity contribution in [2.45, 2.75) is 24.3 Å². The smallest absolute Gasteiger partial charge is 0.244 e. The number of aryl methyl sites for hydroxylation is 1. The molecule has 114 valence electrons. The van der Waals surface area contributed by atoms with Gasteiger partial charge in [0.05, 0.1) is 19.3 Å². The van der Waals surface area contributed by atoms with Crippen molar-refractivity contribution >= 4 is 10.0 Å². The molecule has 0 unspecified atom stereocenters. The van der Waals surface area contributed by atoms with Crippen molar-refractivity contribution in [3.63, 3.8) is 0 Å². The summed E-state index contributed by atoms with van der Waals surface area (Å²) in [5.74, 6) is 0.665. The van der Waals surface area contributed by atoms with Crippen LogP contribution in [0.3, 0.4) is 0 Å². The van der Waals surface area contributed by atoms with Crippen LogP contribution < -0.4 is 9.46 Å². The number of nitrogens with zero attached hydrogens (tertiary/aromatic N) is 2. The summed E-state index contributed by atoms with van der Waals surface area (Å²) in [5.41, 5.74) is 0.815. The SMILES string of the molecule is CC[C@H](NS(=O)(=O)c1cnn(C)c1)c1ccccc1OC. The number of nitrogens with one attached hydrogen (secondary N) is 1. The van der Waals surface area contributed by atoms with Gasteiger partial charge in [-0.3, -0.25) is 4.68 Å². The van der Waals surface area contributed by atoms with Crippen molar-refractivity contribution in [1.82, 2.24) is 14.5 Å². The van der Waals surface area contributed by atoms with Crippen LogP contribution in [0.5, 0.6) is 5.75 Å². The Bertz CT molecular complexity index is 710. The Morgan fingerprint density at radius 3 is 2.67 bits per heavy atom. The van der Waals surface area contributed by atoms with Gasteiger partial charge in [-0.15, -0.1) is 0 Å². The molecule has 1 atom stereocenters. The summed E-state index contributed by atoms with van der Waals surface area (Å²) in [4.78, 5) is 0.151. The molecule has 0 bridgehead atoms. The van der Waals surface area contributed by atoms with Gasteiger partial charge in [-0.05, 0) is 12.5 Å². The largest absolute Gasteiger partial charge is 0.496 e. The first kappa shape index (κ1) is 15.5. The molecule has 7 heteroatoms. The third-order valence-electron chi connectivity index (χ3n) is 3.21. The maximum atomic E-state index is 12.4. The van der Waals surface area contributed by atoms with Gasteiger partial charge in [0.1, 0.15) is 10.6 Å². The summed E-state index contributed by atoms with van der Waals surface area (Å²) < 4.78 is 34.2. The molecule has 0 saturated carbocycles. The van der Waals surface area contributed by atoms with Gasteiger partial charge in [0.15, 0.2) is 0 Å². The third-order valence-corrected chi connectivity index (χ3v) is 4.64. The second-order valence-corrected chi connectivity index (χ2v) is 6.39. The highest BCUT2D eigenvalue weighted by molar-refractivity contribution is 7.89. The van der Waals surface area contributed by atoms with E-state index in [1.165, 1.54) is 17.1 Å². The van der Waals surface area contributed by atoms with Gasteiger partial charge in [-0.2, -0.15) is 5.10 Å². The minimum absolute atomic E-state index is 0.151. The second kappa shape index (κ2) is 6.28. The third kappa shape index (κ3) is 3.43. The predicted molar refractivity (Wildman–Crippen MR) is 79.6 cm³/mol. The quantitative estimate of drug-likeness (QED) is 0.884. The molecule has 0 aliphatic carbocycles. The molecule has 1 aromatic heterocycles. The van der Waals surface area contributed by atoms with Crippen molar-refractivity contribution in [3.8, 4) is 5.75 Å². The van der Waals surface area contributed by atoms with E-state index in [0.717, 1.165) is 5.56 Å². The molecule has 6 nitrogen and oxygen atoms in total. The summed E-state index contributed by atoms with van der Waals surface area (Å²) in [6.07, 6.45) is 3.41. The molecular formula is C14H19N3O3S. The van der Waals surface area contributed by atoms with E-state index in [1.807, 2.05) is 31.2 Å². The van der Waals surface area contributed by atoms with Crippen LogP contribution in [0.25, 0.3) is 0 Å². The lowest BCUT2D eigenvalue weighted by Gasteiger charge is -2.19. The molecule has 2 aromatic rings. The van der Waals surface area contributed by atoms with Crippen LogP contribution in [-0.2, 0) is 17.1 Å². The molecule has 1 N–H and O–H groups in total. The van der Waals surface area contributed by atoms with E-state index in [0.29, 0.717) is 12.2 Å². The molecule has 0 saturated heterocycles. The summed E-state index contributed by atoms with van der Waals surface area (Å²) >= 11 is 0. The van der Waals surface area contributed by atoms with E-state index in [-0.39, 0.29) is 10.9 Å². The topological polar surface area (TPSA) is 73.2 Å². The lowest BCUT2D eigenvalue weighted by molar-refractivity contribution is 0.402. The Balaban J connectivity index is 2.31. The van der Waals surface area contributed by atoms with Crippen LogP contribution in [0.15, 0.2) is 41.6 Å². The van der Waals surface area contributed by atoms with E-state index >= 15 is 0 Å². The van der Waals surface area contributed by atoms with Crippen LogP contribution in [0.2, 0.25) is 0 Å². The normalized spacial score (nSPS) is 13.1. The number of para-hydroxylation sites is 1. The Morgan fingerprint density at radius 2 is 2.10 bits per heavy atom. The molecule has 0 amide bonds. The minimum Gasteiger partial charge on any atom is -0.496 e. The first-order valence-electron chi connectivity index (χ1n) is 6.61. The van der Waals surface area contributed by atoms with E-state index in [1.54, 1.807) is 14.2 Å². The number of methoxy groups -OCH3 is 1. The van der Waals surface area contributed by atoms with E-state index in [2.05, 4.69) is 9.82 Å². The molecular weight excluding hydrogens is 290 g/mol. The Kier molecular flexibility index (Phi) is 4.64. The van der Waals surface area contributed by atoms with E-state index in [4.69, 9.17) is 4.74 Å². The highest BCUT2D eigenvalue weighted by Crippen LogP contribution is 2.28. The van der Waals surface area contributed by atoms with E-state index < -0.39 is 10.0 Å². The van der Waals surface area contributed by atoms with Gasteiger partial charge in [0.25, 0.3) is 0 Å². The summed E-state index contributed by atoms with van der Waals surface area (Å²) in [5, 5.41) is 3.90. The molecule has 21 heavy (non-hydrogen) atoms. The minimum atomic E-state index is -3.61. The average molecular weight is 309 g/mol. The molecule has 1 heterocycles. The Hall–Kier alpha value is -1.86. The number of hydrogen-bond donors (Lipinski definition) is 1. The first-order chi connectivity index (χ1) is 9.97. The van der Waals surface area contributed by atoms with Gasteiger partial charge >= 0.3 is 0 Å². The van der Waals surface area contributed by atoms with Gasteiger partial charge in [0.2, 0.25) is 10.0 Å². The lowest BCUT2D eigenvalue weighted by atomic mass is 10.0. The standard InChI is InChI=1S/C14H19N3O3S/c1-4-13(12-7-5-6-8-14(12)20-3)16-21(18,19)11-9-15-17(2)10-11/h5-10,13,16H,4H2,1-3H3/t13-/m0/s1. The number of sulfonamides is 1. The van der Waals surface area contributed by atoms with Crippen LogP contribution in [0, 0.1) is 0 Å². The fraction of sp³-hybridized carbons (Fsp3) is 0.357. The van der Waals surface area contributed by atoms with E-state index in [9.17, 15) is 8.42 Å². The van der Waals surface area contributed by atoms with Crippen LogP contribution in [-0.4, -0.2) is 25.3 Å². The fourth-order valence-corrected chi connectivity index (χ4v) is 3.40. The molecule has 1 aromatic carbocycles. The number of ether oxygens (including phenoxy) is 1. The molecule has 0 radical (unpaired) electrons. The zero-order chi connectivity index (χ0) is 15.5. The van der Waals surface area contributed by atoms with Gasteiger partial charge < -0.3 is 4.74 Å². The molecule has 0 aliphatic heterocycles. The molecule has 0 aliphatic rings. The van der Waals surface area contributed by atoms with Crippen LogP contribution in [0.1, 0.15) is 24.9 Å². The van der Waals surface area contributed by atoms with Gasteiger partial charge in [0, 0.05) is 18.8 Å². The summed E-state index contributed by atoms with van der Waals surface area (Å²) in [7, 11) is -0.365. The predicted octanol–water partition coefficient (Wildman–Crippen LogP) is 1.86. The van der Waals surface area contributed by atoms with Crippen LogP contribution in [0.4, 0.5) is 0 Å². The molecule has 0 spiro atoms.